The van der Waals surface area contributed by atoms with Gasteiger partial charge >= 0.3 is 0 Å². The molecule has 1 atom stereocenters. The summed E-state index contributed by atoms with van der Waals surface area (Å²) in [7, 11) is 1.65. The second-order valence-electron chi connectivity index (χ2n) is 4.65. The molecular formula is C13H20N4O2. The maximum absolute atomic E-state index is 11.9. The summed E-state index contributed by atoms with van der Waals surface area (Å²) in [4.78, 5) is 28.9. The van der Waals surface area contributed by atoms with Crippen LogP contribution in [0.25, 0.3) is 0 Å². The van der Waals surface area contributed by atoms with Gasteiger partial charge in [-0.25, -0.2) is 0 Å². The van der Waals surface area contributed by atoms with Gasteiger partial charge in [-0.2, -0.15) is 0 Å². The standard InChI is InChI=1S/C13H20N4O2/c1-9(2)12(14)13(19)16-8-11(18)17(3)10-4-6-15-7-5-10/h4-7,9,12H,8,14H2,1-3H3,(H,16,19)/t12-/m0/s1. The topological polar surface area (TPSA) is 88.3 Å². The lowest BCUT2D eigenvalue weighted by molar-refractivity contribution is -0.126. The summed E-state index contributed by atoms with van der Waals surface area (Å²) >= 11 is 0. The number of nitrogens with zero attached hydrogens (tertiary/aromatic N) is 2. The number of amides is 2. The zero-order chi connectivity index (χ0) is 14.4. The number of nitrogens with one attached hydrogen (secondary N) is 1. The summed E-state index contributed by atoms with van der Waals surface area (Å²) in [5.41, 5.74) is 6.41. The van der Waals surface area contributed by atoms with Gasteiger partial charge in [-0.3, -0.25) is 14.6 Å². The Morgan fingerprint density at radius 1 is 1.37 bits per heavy atom. The first kappa shape index (κ1) is 15.1. The molecule has 0 aliphatic rings. The molecule has 0 aliphatic carbocycles. The second-order valence-corrected chi connectivity index (χ2v) is 4.65. The van der Waals surface area contributed by atoms with Crippen molar-refractivity contribution >= 4 is 17.5 Å². The highest BCUT2D eigenvalue weighted by molar-refractivity contribution is 5.96. The number of rotatable bonds is 5. The molecular weight excluding hydrogens is 244 g/mol. The van der Waals surface area contributed by atoms with Gasteiger partial charge < -0.3 is 16.0 Å². The van der Waals surface area contributed by atoms with Crippen LogP contribution in [0, 0.1) is 5.92 Å². The minimum absolute atomic E-state index is 0.0352. The number of aromatic nitrogens is 1. The van der Waals surface area contributed by atoms with Gasteiger partial charge in [-0.15, -0.1) is 0 Å². The Labute approximate surface area is 113 Å². The molecule has 6 heteroatoms. The van der Waals surface area contributed by atoms with Gasteiger partial charge in [0.05, 0.1) is 12.6 Å². The Bertz CT molecular complexity index is 434. The maximum Gasteiger partial charge on any atom is 0.246 e. The van der Waals surface area contributed by atoms with Crippen molar-refractivity contribution in [1.82, 2.24) is 10.3 Å². The lowest BCUT2D eigenvalue weighted by Gasteiger charge is -2.19. The summed E-state index contributed by atoms with van der Waals surface area (Å²) in [6.07, 6.45) is 3.21. The summed E-state index contributed by atoms with van der Waals surface area (Å²) < 4.78 is 0. The average molecular weight is 264 g/mol. The predicted octanol–water partition coefficient (Wildman–Crippen LogP) is 0.144. The van der Waals surface area contributed by atoms with E-state index in [4.69, 9.17) is 5.73 Å². The molecule has 0 spiro atoms. The molecule has 0 fully saturated rings. The van der Waals surface area contributed by atoms with Gasteiger partial charge in [0, 0.05) is 25.1 Å². The first-order chi connectivity index (χ1) is 8.93. The van der Waals surface area contributed by atoms with Crippen LogP contribution in [-0.2, 0) is 9.59 Å². The number of hydrogen-bond acceptors (Lipinski definition) is 4. The van der Waals surface area contributed by atoms with E-state index in [0.29, 0.717) is 0 Å². The lowest BCUT2D eigenvalue weighted by Crippen LogP contribution is -2.47. The van der Waals surface area contributed by atoms with Crippen LogP contribution in [0.15, 0.2) is 24.5 Å². The molecule has 1 heterocycles. The SMILES string of the molecule is CC(C)[C@H](N)C(=O)NCC(=O)N(C)c1ccncc1. The molecule has 2 amide bonds. The van der Waals surface area contributed by atoms with Gasteiger partial charge in [-0.05, 0) is 18.1 Å². The van der Waals surface area contributed by atoms with Crippen LogP contribution in [0.1, 0.15) is 13.8 Å². The first-order valence-electron chi connectivity index (χ1n) is 6.13. The molecule has 3 N–H and O–H groups in total. The number of carbonyl (C=O) groups excluding carboxylic acids is 2. The van der Waals surface area contributed by atoms with Gasteiger partial charge in [0.25, 0.3) is 0 Å². The lowest BCUT2D eigenvalue weighted by atomic mass is 10.1. The molecule has 104 valence electrons. The van der Waals surface area contributed by atoms with Crippen molar-refractivity contribution in [2.24, 2.45) is 11.7 Å². The van der Waals surface area contributed by atoms with Crippen LogP contribution in [-0.4, -0.2) is 36.4 Å². The minimum atomic E-state index is -0.598. The van der Waals surface area contributed by atoms with Crippen LogP contribution in [0.2, 0.25) is 0 Å². The van der Waals surface area contributed by atoms with Crippen LogP contribution >= 0.6 is 0 Å². The molecule has 0 aromatic carbocycles. The number of pyridine rings is 1. The fourth-order valence-corrected chi connectivity index (χ4v) is 1.41. The van der Waals surface area contributed by atoms with E-state index in [1.54, 1.807) is 31.6 Å². The van der Waals surface area contributed by atoms with Gasteiger partial charge in [0.1, 0.15) is 0 Å². The molecule has 6 nitrogen and oxygen atoms in total. The first-order valence-corrected chi connectivity index (χ1v) is 6.13. The fraction of sp³-hybridized carbons (Fsp3) is 0.462. The molecule has 0 saturated heterocycles. The number of anilines is 1. The van der Waals surface area contributed by atoms with Crippen LogP contribution in [0.5, 0.6) is 0 Å². The van der Waals surface area contributed by atoms with E-state index in [1.165, 1.54) is 4.90 Å². The van der Waals surface area contributed by atoms with Crippen molar-refractivity contribution in [2.75, 3.05) is 18.5 Å². The molecule has 0 unspecified atom stereocenters. The largest absolute Gasteiger partial charge is 0.346 e. The van der Waals surface area contributed by atoms with Gasteiger partial charge in [0.2, 0.25) is 11.8 Å². The quantitative estimate of drug-likeness (QED) is 0.792. The van der Waals surface area contributed by atoms with Crippen LogP contribution < -0.4 is 16.0 Å². The summed E-state index contributed by atoms with van der Waals surface area (Å²) in [6, 6.07) is 2.85. The zero-order valence-electron chi connectivity index (χ0n) is 11.5. The average Bonchev–Trinajstić information content (AvgIpc) is 2.43. The molecule has 1 rings (SSSR count). The van der Waals surface area contributed by atoms with Crippen molar-refractivity contribution in [3.63, 3.8) is 0 Å². The minimum Gasteiger partial charge on any atom is -0.346 e. The van der Waals surface area contributed by atoms with Crippen molar-refractivity contribution < 1.29 is 9.59 Å². The van der Waals surface area contributed by atoms with E-state index >= 15 is 0 Å². The molecule has 0 aliphatic heterocycles. The van der Waals surface area contributed by atoms with Crippen molar-refractivity contribution in [1.29, 1.82) is 0 Å². The highest BCUT2D eigenvalue weighted by Gasteiger charge is 2.18. The van der Waals surface area contributed by atoms with Crippen molar-refractivity contribution in [3.8, 4) is 0 Å². The Kier molecular flexibility index (Phi) is 5.44. The van der Waals surface area contributed by atoms with E-state index in [2.05, 4.69) is 10.3 Å². The van der Waals surface area contributed by atoms with Crippen molar-refractivity contribution in [3.05, 3.63) is 24.5 Å². The van der Waals surface area contributed by atoms with Gasteiger partial charge in [0.15, 0.2) is 0 Å². The summed E-state index contributed by atoms with van der Waals surface area (Å²) in [6.45, 7) is 3.64. The Morgan fingerprint density at radius 3 is 2.47 bits per heavy atom. The monoisotopic (exact) mass is 264 g/mol. The highest BCUT2D eigenvalue weighted by Crippen LogP contribution is 2.09. The van der Waals surface area contributed by atoms with Crippen LogP contribution in [0.3, 0.4) is 0 Å². The number of nitrogens with two attached hydrogens (primary N) is 1. The maximum atomic E-state index is 11.9. The van der Waals surface area contributed by atoms with E-state index in [1.807, 2.05) is 13.8 Å². The molecule has 1 aromatic rings. The molecule has 0 saturated carbocycles. The van der Waals surface area contributed by atoms with Crippen molar-refractivity contribution in [2.45, 2.75) is 19.9 Å². The Morgan fingerprint density at radius 2 is 1.95 bits per heavy atom. The Hall–Kier alpha value is -1.95. The van der Waals surface area contributed by atoms with E-state index in [0.717, 1.165) is 5.69 Å². The van der Waals surface area contributed by atoms with Crippen LogP contribution in [0.4, 0.5) is 5.69 Å². The number of likely N-dealkylation sites (N-methyl/N-ethyl adjacent to an activating group) is 1. The van der Waals surface area contributed by atoms with Gasteiger partial charge in [-0.1, -0.05) is 13.8 Å². The third kappa shape index (κ3) is 4.33. The predicted molar refractivity (Wildman–Crippen MR) is 73.5 cm³/mol. The molecule has 1 aromatic heterocycles. The molecule has 0 radical (unpaired) electrons. The molecule has 0 bridgehead atoms. The fourth-order valence-electron chi connectivity index (χ4n) is 1.41. The van der Waals surface area contributed by atoms with E-state index in [9.17, 15) is 9.59 Å². The molecule has 19 heavy (non-hydrogen) atoms. The number of hydrogen-bond donors (Lipinski definition) is 2. The third-order valence-corrected chi connectivity index (χ3v) is 2.86. The summed E-state index contributed by atoms with van der Waals surface area (Å²) in [5.74, 6) is -0.491. The zero-order valence-corrected chi connectivity index (χ0v) is 11.5. The Balaban J connectivity index is 2.50. The third-order valence-electron chi connectivity index (χ3n) is 2.86. The second kappa shape index (κ2) is 6.84. The smallest absolute Gasteiger partial charge is 0.246 e. The van der Waals surface area contributed by atoms with E-state index in [-0.39, 0.29) is 24.3 Å². The summed E-state index contributed by atoms with van der Waals surface area (Å²) in [5, 5.41) is 2.54. The van der Waals surface area contributed by atoms with E-state index < -0.39 is 6.04 Å². The normalized spacial score (nSPS) is 12.1. The number of carbonyl (C=O) groups is 2. The highest BCUT2D eigenvalue weighted by atomic mass is 16.2.